The van der Waals surface area contributed by atoms with Gasteiger partial charge < -0.3 is 19.9 Å². The van der Waals surface area contributed by atoms with Crippen LogP contribution in [0.1, 0.15) is 27.2 Å². The first kappa shape index (κ1) is 21.4. The molecular weight excluding hydrogens is 358 g/mol. The van der Waals surface area contributed by atoms with Crippen molar-refractivity contribution in [2.75, 3.05) is 7.11 Å². The number of rotatable bonds is 7. The summed E-state index contributed by atoms with van der Waals surface area (Å²) >= 11 is 0. The predicted octanol–water partition coefficient (Wildman–Crippen LogP) is 3.50. The zero-order valence-corrected chi connectivity index (χ0v) is 16.6. The van der Waals surface area contributed by atoms with Crippen LogP contribution in [0.3, 0.4) is 0 Å². The third-order valence-corrected chi connectivity index (χ3v) is 3.90. The average Bonchev–Trinajstić information content (AvgIpc) is 2.67. The van der Waals surface area contributed by atoms with Crippen LogP contribution in [-0.4, -0.2) is 30.2 Å². The summed E-state index contributed by atoms with van der Waals surface area (Å²) in [6.45, 7) is 6.38. The van der Waals surface area contributed by atoms with Gasteiger partial charge in [0, 0.05) is 6.42 Å². The first-order valence-corrected chi connectivity index (χ1v) is 8.90. The number of benzene rings is 2. The zero-order valence-electron chi connectivity index (χ0n) is 16.6. The molecule has 0 saturated carbocycles. The molecule has 0 aliphatic heterocycles. The maximum Gasteiger partial charge on any atom is 0.338 e. The number of carbonyl (C=O) groups is 2. The lowest BCUT2D eigenvalue weighted by atomic mass is 9.96. The van der Waals surface area contributed by atoms with Crippen LogP contribution in [0.2, 0.25) is 0 Å². The van der Waals surface area contributed by atoms with Crippen molar-refractivity contribution in [3.05, 3.63) is 61.2 Å². The topological polar surface area (TPSA) is 87.9 Å². The second-order valence-corrected chi connectivity index (χ2v) is 7.34. The fraction of sp³-hybridized carbons (Fsp3) is 0.318. The third-order valence-electron chi connectivity index (χ3n) is 3.90. The van der Waals surface area contributed by atoms with E-state index in [4.69, 9.17) is 15.2 Å². The smallest absolute Gasteiger partial charge is 0.338 e. The van der Waals surface area contributed by atoms with Crippen LogP contribution in [-0.2, 0) is 19.1 Å². The molecule has 1 atom stereocenters. The van der Waals surface area contributed by atoms with Crippen molar-refractivity contribution in [2.24, 2.45) is 5.73 Å². The van der Waals surface area contributed by atoms with Gasteiger partial charge in [-0.05, 0) is 44.0 Å². The van der Waals surface area contributed by atoms with Crippen molar-refractivity contribution >= 4 is 11.9 Å². The number of carbonyl (C=O) groups excluding carboxylic acids is 2. The van der Waals surface area contributed by atoms with E-state index in [9.17, 15) is 9.59 Å². The Labute approximate surface area is 165 Å². The molecule has 2 aromatic carbocycles. The average molecular weight is 384 g/mol. The zero-order chi connectivity index (χ0) is 20.8. The summed E-state index contributed by atoms with van der Waals surface area (Å²) in [5.74, 6) is -1.21. The van der Waals surface area contributed by atoms with Crippen LogP contribution in [0.15, 0.2) is 54.6 Å². The Morgan fingerprint density at radius 3 is 2.04 bits per heavy atom. The van der Waals surface area contributed by atoms with Gasteiger partial charge in [-0.3, -0.25) is 0 Å². The second-order valence-electron chi connectivity index (χ2n) is 7.34. The van der Waals surface area contributed by atoms with Crippen molar-refractivity contribution in [1.29, 1.82) is 0 Å². The standard InChI is InChI=1S/C22H26NO5/c1-21(2,3)28-20(25)22(23,19(24)26-4)14-15-27-18-12-10-17(11-13-18)16-8-6-5-7-9-16/h5-13,15H,14,23H2,1-4H3. The van der Waals surface area contributed by atoms with E-state index in [0.29, 0.717) is 5.75 Å². The van der Waals surface area contributed by atoms with Gasteiger partial charge in [0.25, 0.3) is 0 Å². The summed E-state index contributed by atoms with van der Waals surface area (Å²) in [7, 11) is 1.16. The molecule has 0 spiro atoms. The molecule has 6 nitrogen and oxygen atoms in total. The highest BCUT2D eigenvalue weighted by Crippen LogP contribution is 2.24. The molecule has 6 heteroatoms. The van der Waals surface area contributed by atoms with Crippen LogP contribution in [0.25, 0.3) is 11.1 Å². The summed E-state index contributed by atoms with van der Waals surface area (Å²) in [5, 5.41) is 0. The maximum atomic E-state index is 12.4. The fourth-order valence-electron chi connectivity index (χ4n) is 2.43. The van der Waals surface area contributed by atoms with E-state index in [1.54, 1.807) is 32.9 Å². The quantitative estimate of drug-likeness (QED) is 0.581. The van der Waals surface area contributed by atoms with Gasteiger partial charge in [0.1, 0.15) is 18.0 Å². The Hall–Kier alpha value is -2.86. The molecular formula is C22H26NO5. The number of ether oxygens (including phenoxy) is 3. The van der Waals surface area contributed by atoms with E-state index in [1.165, 1.54) is 6.61 Å². The molecule has 1 radical (unpaired) electrons. The van der Waals surface area contributed by atoms with E-state index >= 15 is 0 Å². The number of methoxy groups -OCH3 is 1. The minimum Gasteiger partial charge on any atom is -0.486 e. The Kier molecular flexibility index (Phi) is 6.80. The van der Waals surface area contributed by atoms with E-state index in [2.05, 4.69) is 4.74 Å². The highest BCUT2D eigenvalue weighted by molar-refractivity contribution is 6.04. The largest absolute Gasteiger partial charge is 0.486 e. The van der Waals surface area contributed by atoms with Crippen molar-refractivity contribution in [3.63, 3.8) is 0 Å². The normalized spacial score (nSPS) is 13.3. The molecule has 2 N–H and O–H groups in total. The number of nitrogens with two attached hydrogens (primary N) is 1. The van der Waals surface area contributed by atoms with Crippen LogP contribution in [0.5, 0.6) is 5.75 Å². The van der Waals surface area contributed by atoms with Crippen LogP contribution < -0.4 is 10.5 Å². The van der Waals surface area contributed by atoms with Gasteiger partial charge in [-0.15, -0.1) is 0 Å². The van der Waals surface area contributed by atoms with Crippen LogP contribution in [0.4, 0.5) is 0 Å². The fourth-order valence-corrected chi connectivity index (χ4v) is 2.43. The molecule has 0 aliphatic carbocycles. The van der Waals surface area contributed by atoms with E-state index in [-0.39, 0.29) is 6.42 Å². The first-order chi connectivity index (χ1) is 13.2. The van der Waals surface area contributed by atoms with Crippen molar-refractivity contribution in [3.8, 4) is 16.9 Å². The van der Waals surface area contributed by atoms with E-state index in [0.717, 1.165) is 18.2 Å². The predicted molar refractivity (Wildman–Crippen MR) is 106 cm³/mol. The monoisotopic (exact) mass is 384 g/mol. The van der Waals surface area contributed by atoms with Crippen molar-refractivity contribution in [1.82, 2.24) is 0 Å². The maximum absolute atomic E-state index is 12.4. The Morgan fingerprint density at radius 2 is 1.50 bits per heavy atom. The van der Waals surface area contributed by atoms with Gasteiger partial charge in [0.05, 0.1) is 7.11 Å². The molecule has 0 amide bonds. The van der Waals surface area contributed by atoms with Gasteiger partial charge in [-0.1, -0.05) is 42.5 Å². The van der Waals surface area contributed by atoms with E-state index in [1.807, 2.05) is 42.5 Å². The molecule has 0 bridgehead atoms. The summed E-state index contributed by atoms with van der Waals surface area (Å²) < 4.78 is 15.5. The minimum absolute atomic E-state index is 0.199. The van der Waals surface area contributed by atoms with Gasteiger partial charge in [0.2, 0.25) is 5.54 Å². The molecule has 149 valence electrons. The van der Waals surface area contributed by atoms with Crippen LogP contribution in [0, 0.1) is 6.61 Å². The van der Waals surface area contributed by atoms with Crippen molar-refractivity contribution in [2.45, 2.75) is 38.3 Å². The summed E-state index contributed by atoms with van der Waals surface area (Å²) in [5.41, 5.74) is 5.38. The summed E-state index contributed by atoms with van der Waals surface area (Å²) in [4.78, 5) is 24.5. The van der Waals surface area contributed by atoms with Gasteiger partial charge >= 0.3 is 11.9 Å². The van der Waals surface area contributed by atoms with Crippen molar-refractivity contribution < 1.29 is 23.8 Å². The molecule has 0 aromatic heterocycles. The van der Waals surface area contributed by atoms with Gasteiger partial charge in [0.15, 0.2) is 0 Å². The number of esters is 2. The minimum atomic E-state index is -1.98. The Balaban J connectivity index is 2.02. The van der Waals surface area contributed by atoms with E-state index < -0.39 is 23.1 Å². The third kappa shape index (κ3) is 5.57. The molecule has 0 fully saturated rings. The number of hydrogen-bond acceptors (Lipinski definition) is 6. The summed E-state index contributed by atoms with van der Waals surface area (Å²) in [6, 6.07) is 17.4. The highest BCUT2D eigenvalue weighted by Gasteiger charge is 2.46. The Morgan fingerprint density at radius 1 is 0.929 bits per heavy atom. The highest BCUT2D eigenvalue weighted by atomic mass is 16.6. The molecule has 28 heavy (non-hydrogen) atoms. The lowest BCUT2D eigenvalue weighted by Crippen LogP contribution is -2.57. The lowest BCUT2D eigenvalue weighted by Gasteiger charge is -2.28. The molecule has 0 heterocycles. The molecule has 0 aliphatic rings. The summed E-state index contributed by atoms with van der Waals surface area (Å²) in [6.07, 6.45) is -0.199. The molecule has 1 unspecified atom stereocenters. The first-order valence-electron chi connectivity index (χ1n) is 8.90. The van der Waals surface area contributed by atoms with Gasteiger partial charge in [-0.2, -0.15) is 0 Å². The Bertz CT molecular complexity index is 796. The molecule has 0 saturated heterocycles. The SMILES string of the molecule is COC(=O)C(N)(C[CH]Oc1ccc(-c2ccccc2)cc1)C(=O)OC(C)(C)C. The van der Waals surface area contributed by atoms with Crippen LogP contribution >= 0.6 is 0 Å². The second kappa shape index (κ2) is 8.89. The molecule has 2 aromatic rings. The molecule has 2 rings (SSSR count). The number of hydrogen-bond donors (Lipinski definition) is 1. The van der Waals surface area contributed by atoms with Gasteiger partial charge in [-0.25, -0.2) is 9.59 Å². The lowest BCUT2D eigenvalue weighted by molar-refractivity contribution is -0.170.